The summed E-state index contributed by atoms with van der Waals surface area (Å²) in [6.07, 6.45) is 2.19. The maximum atomic E-state index is 12.4. The number of rotatable bonds is 3. The first-order chi connectivity index (χ1) is 11.7. The van der Waals surface area contributed by atoms with Crippen LogP contribution in [0.5, 0.6) is 5.75 Å². The van der Waals surface area contributed by atoms with E-state index in [2.05, 4.69) is 10.2 Å². The molecule has 0 aromatic heterocycles. The SMILES string of the molecule is COc1ccc(NC(=O)N2CCN(C3CCOCC3)CC2)cc1Cl. The van der Waals surface area contributed by atoms with Gasteiger partial charge in [-0.15, -0.1) is 0 Å². The number of ether oxygens (including phenoxy) is 2. The first kappa shape index (κ1) is 17.3. The molecule has 0 bridgehead atoms. The van der Waals surface area contributed by atoms with Gasteiger partial charge in [-0.1, -0.05) is 11.6 Å². The number of piperazine rings is 1. The van der Waals surface area contributed by atoms with E-state index in [4.69, 9.17) is 21.1 Å². The lowest BCUT2D eigenvalue weighted by molar-refractivity contribution is 0.0194. The van der Waals surface area contributed by atoms with Crippen LogP contribution in [0.25, 0.3) is 0 Å². The Morgan fingerprint density at radius 2 is 1.96 bits per heavy atom. The van der Waals surface area contributed by atoms with E-state index in [9.17, 15) is 4.79 Å². The molecule has 1 N–H and O–H groups in total. The molecule has 24 heavy (non-hydrogen) atoms. The summed E-state index contributed by atoms with van der Waals surface area (Å²) in [6.45, 7) is 5.02. The third kappa shape index (κ3) is 4.12. The minimum absolute atomic E-state index is 0.0807. The quantitative estimate of drug-likeness (QED) is 0.907. The Balaban J connectivity index is 1.50. The van der Waals surface area contributed by atoms with Gasteiger partial charge in [0.25, 0.3) is 0 Å². The van der Waals surface area contributed by atoms with Gasteiger partial charge in [0.15, 0.2) is 0 Å². The molecule has 2 aliphatic heterocycles. The molecule has 0 saturated carbocycles. The van der Waals surface area contributed by atoms with E-state index in [1.54, 1.807) is 25.3 Å². The number of hydrogen-bond donors (Lipinski definition) is 1. The summed E-state index contributed by atoms with van der Waals surface area (Å²) in [7, 11) is 1.57. The van der Waals surface area contributed by atoms with Crippen LogP contribution in [0, 0.1) is 0 Å². The summed E-state index contributed by atoms with van der Waals surface area (Å²) in [4.78, 5) is 16.8. The summed E-state index contributed by atoms with van der Waals surface area (Å²) >= 11 is 6.10. The zero-order chi connectivity index (χ0) is 16.9. The van der Waals surface area contributed by atoms with E-state index in [1.807, 2.05) is 4.90 Å². The monoisotopic (exact) mass is 353 g/mol. The molecule has 1 aromatic rings. The highest BCUT2D eigenvalue weighted by atomic mass is 35.5. The molecule has 3 rings (SSSR count). The predicted molar refractivity (Wildman–Crippen MR) is 94.0 cm³/mol. The second-order valence-corrected chi connectivity index (χ2v) is 6.55. The van der Waals surface area contributed by atoms with Crippen molar-refractivity contribution in [3.8, 4) is 5.75 Å². The topological polar surface area (TPSA) is 54.0 Å². The van der Waals surface area contributed by atoms with Gasteiger partial charge in [-0.2, -0.15) is 0 Å². The summed E-state index contributed by atoms with van der Waals surface area (Å²) in [5.74, 6) is 0.597. The summed E-state index contributed by atoms with van der Waals surface area (Å²) < 4.78 is 10.5. The fourth-order valence-electron chi connectivity index (χ4n) is 3.29. The van der Waals surface area contributed by atoms with E-state index in [-0.39, 0.29) is 6.03 Å². The van der Waals surface area contributed by atoms with Crippen molar-refractivity contribution >= 4 is 23.3 Å². The molecule has 2 amide bonds. The molecule has 1 aromatic carbocycles. The molecule has 2 fully saturated rings. The van der Waals surface area contributed by atoms with Crippen LogP contribution in [0.4, 0.5) is 10.5 Å². The molecule has 0 radical (unpaired) electrons. The standard InChI is InChI=1S/C17H24ClN3O3/c1-23-16-3-2-13(12-15(16)18)19-17(22)21-8-6-20(7-9-21)14-4-10-24-11-5-14/h2-3,12,14H,4-11H2,1H3,(H,19,22). The highest BCUT2D eigenvalue weighted by Crippen LogP contribution is 2.27. The van der Waals surface area contributed by atoms with Crippen molar-refractivity contribution in [2.75, 3.05) is 51.8 Å². The van der Waals surface area contributed by atoms with Gasteiger partial charge >= 0.3 is 6.03 Å². The fraction of sp³-hybridized carbons (Fsp3) is 0.588. The van der Waals surface area contributed by atoms with Crippen molar-refractivity contribution in [2.45, 2.75) is 18.9 Å². The minimum atomic E-state index is -0.0807. The van der Waals surface area contributed by atoms with Crippen LogP contribution in [0.2, 0.25) is 5.02 Å². The average molecular weight is 354 g/mol. The second-order valence-electron chi connectivity index (χ2n) is 6.15. The van der Waals surface area contributed by atoms with Crippen molar-refractivity contribution in [3.63, 3.8) is 0 Å². The van der Waals surface area contributed by atoms with Gasteiger partial charge in [0.05, 0.1) is 12.1 Å². The van der Waals surface area contributed by atoms with Gasteiger partial charge in [0.2, 0.25) is 0 Å². The number of hydrogen-bond acceptors (Lipinski definition) is 4. The van der Waals surface area contributed by atoms with Gasteiger partial charge in [-0.3, -0.25) is 4.90 Å². The fourth-order valence-corrected chi connectivity index (χ4v) is 3.54. The number of anilines is 1. The van der Waals surface area contributed by atoms with Gasteiger partial charge in [-0.05, 0) is 31.0 Å². The molecule has 0 aliphatic carbocycles. The van der Waals surface area contributed by atoms with Crippen molar-refractivity contribution in [1.82, 2.24) is 9.80 Å². The first-order valence-electron chi connectivity index (χ1n) is 8.38. The highest BCUT2D eigenvalue weighted by molar-refractivity contribution is 6.32. The number of urea groups is 1. The van der Waals surface area contributed by atoms with E-state index in [0.717, 1.165) is 52.2 Å². The number of carbonyl (C=O) groups is 1. The number of nitrogens with one attached hydrogen (secondary N) is 1. The Morgan fingerprint density at radius 1 is 1.25 bits per heavy atom. The van der Waals surface area contributed by atoms with Crippen LogP contribution >= 0.6 is 11.6 Å². The Kier molecular flexibility index (Phi) is 5.81. The van der Waals surface area contributed by atoms with Crippen molar-refractivity contribution in [3.05, 3.63) is 23.2 Å². The van der Waals surface area contributed by atoms with Crippen LogP contribution in [-0.2, 0) is 4.74 Å². The number of amides is 2. The third-order valence-corrected chi connectivity index (χ3v) is 5.01. The zero-order valence-electron chi connectivity index (χ0n) is 14.0. The molecular formula is C17H24ClN3O3. The smallest absolute Gasteiger partial charge is 0.321 e. The number of halogens is 1. The molecule has 7 heteroatoms. The van der Waals surface area contributed by atoms with Crippen LogP contribution in [0.1, 0.15) is 12.8 Å². The lowest BCUT2D eigenvalue weighted by Gasteiger charge is -2.40. The number of carbonyl (C=O) groups excluding carboxylic acids is 1. The summed E-state index contributed by atoms with van der Waals surface area (Å²) in [6, 6.07) is 5.77. The number of benzene rings is 1. The van der Waals surface area contributed by atoms with Crippen molar-refractivity contribution in [2.24, 2.45) is 0 Å². The van der Waals surface area contributed by atoms with Gasteiger partial charge in [-0.25, -0.2) is 4.79 Å². The molecule has 6 nitrogen and oxygen atoms in total. The molecule has 2 saturated heterocycles. The van der Waals surface area contributed by atoms with Crippen LogP contribution in [0.3, 0.4) is 0 Å². The molecule has 0 atom stereocenters. The van der Waals surface area contributed by atoms with Crippen molar-refractivity contribution < 1.29 is 14.3 Å². The largest absolute Gasteiger partial charge is 0.495 e. The van der Waals surface area contributed by atoms with E-state index < -0.39 is 0 Å². The number of methoxy groups -OCH3 is 1. The Hall–Kier alpha value is -1.50. The predicted octanol–water partition coefficient (Wildman–Crippen LogP) is 2.68. The molecule has 0 spiro atoms. The van der Waals surface area contributed by atoms with Crippen LogP contribution in [-0.4, -0.2) is 68.4 Å². The number of nitrogens with zero attached hydrogens (tertiary/aromatic N) is 2. The molecule has 2 aliphatic rings. The maximum absolute atomic E-state index is 12.4. The Labute approximate surface area is 147 Å². The third-order valence-electron chi connectivity index (χ3n) is 4.71. The van der Waals surface area contributed by atoms with Crippen LogP contribution < -0.4 is 10.1 Å². The normalized spacial score (nSPS) is 20.0. The average Bonchev–Trinajstić information content (AvgIpc) is 2.63. The Bertz CT molecular complexity index is 570. The first-order valence-corrected chi connectivity index (χ1v) is 8.76. The lowest BCUT2D eigenvalue weighted by Crippen LogP contribution is -2.53. The van der Waals surface area contributed by atoms with Gasteiger partial charge in [0, 0.05) is 51.1 Å². The van der Waals surface area contributed by atoms with Crippen molar-refractivity contribution in [1.29, 1.82) is 0 Å². The Morgan fingerprint density at radius 3 is 2.58 bits per heavy atom. The van der Waals surface area contributed by atoms with E-state index in [0.29, 0.717) is 22.5 Å². The van der Waals surface area contributed by atoms with E-state index in [1.165, 1.54) is 0 Å². The van der Waals surface area contributed by atoms with Gasteiger partial charge < -0.3 is 19.7 Å². The molecule has 132 valence electrons. The van der Waals surface area contributed by atoms with E-state index >= 15 is 0 Å². The van der Waals surface area contributed by atoms with Gasteiger partial charge in [0.1, 0.15) is 5.75 Å². The summed E-state index contributed by atoms with van der Waals surface area (Å²) in [5, 5.41) is 3.39. The minimum Gasteiger partial charge on any atom is -0.495 e. The summed E-state index contributed by atoms with van der Waals surface area (Å²) in [5.41, 5.74) is 0.678. The molecule has 2 heterocycles. The second kappa shape index (κ2) is 8.05. The molecule has 0 unspecified atom stereocenters. The molecular weight excluding hydrogens is 330 g/mol. The lowest BCUT2D eigenvalue weighted by atomic mass is 10.1. The van der Waals surface area contributed by atoms with Crippen LogP contribution in [0.15, 0.2) is 18.2 Å². The zero-order valence-corrected chi connectivity index (χ0v) is 14.7. The highest BCUT2D eigenvalue weighted by Gasteiger charge is 2.27. The maximum Gasteiger partial charge on any atom is 0.321 e.